The number of rotatable bonds is 4. The van der Waals surface area contributed by atoms with E-state index in [1.807, 2.05) is 0 Å². The summed E-state index contributed by atoms with van der Waals surface area (Å²) in [6.45, 7) is 3.10. The smallest absolute Gasteiger partial charge is 0.226 e. The van der Waals surface area contributed by atoms with Gasteiger partial charge in [-0.25, -0.2) is 0 Å². The van der Waals surface area contributed by atoms with Gasteiger partial charge in [0.05, 0.1) is 0 Å². The fourth-order valence-electron chi connectivity index (χ4n) is 2.57. The molecule has 17 heavy (non-hydrogen) atoms. The van der Waals surface area contributed by atoms with Crippen LogP contribution in [-0.2, 0) is 11.2 Å². The van der Waals surface area contributed by atoms with Crippen LogP contribution in [-0.4, -0.2) is 29.8 Å². The summed E-state index contributed by atoms with van der Waals surface area (Å²) in [5, 5.41) is 7.39. The number of hydrogen-bond donors (Lipinski definition) is 1. The van der Waals surface area contributed by atoms with E-state index in [9.17, 15) is 0 Å². The standard InChI is InChI=1S/C12H19N3O2/c1-2-10(16-7-1)12-14-11(17-15-12)4-3-9-5-6-13-8-9/h9-10,13H,1-8H2. The second kappa shape index (κ2) is 5.14. The average Bonchev–Trinajstić information content (AvgIpc) is 3.09. The van der Waals surface area contributed by atoms with Crippen LogP contribution in [0.3, 0.4) is 0 Å². The maximum Gasteiger partial charge on any atom is 0.226 e. The molecular formula is C12H19N3O2. The molecule has 2 saturated heterocycles. The number of aromatic nitrogens is 2. The molecule has 2 aliphatic heterocycles. The third-order valence-electron chi connectivity index (χ3n) is 3.63. The fourth-order valence-corrected chi connectivity index (χ4v) is 2.57. The zero-order chi connectivity index (χ0) is 11.5. The molecule has 0 spiro atoms. The van der Waals surface area contributed by atoms with Crippen molar-refractivity contribution < 1.29 is 9.26 Å². The van der Waals surface area contributed by atoms with E-state index in [1.54, 1.807) is 0 Å². The molecule has 94 valence electrons. The molecule has 0 aromatic carbocycles. The molecular weight excluding hydrogens is 218 g/mol. The Morgan fingerprint density at radius 3 is 3.12 bits per heavy atom. The van der Waals surface area contributed by atoms with Gasteiger partial charge in [0.15, 0.2) is 0 Å². The van der Waals surface area contributed by atoms with E-state index >= 15 is 0 Å². The van der Waals surface area contributed by atoms with E-state index in [0.29, 0.717) is 0 Å². The van der Waals surface area contributed by atoms with E-state index in [0.717, 1.165) is 63.0 Å². The van der Waals surface area contributed by atoms with Crippen LogP contribution in [0.5, 0.6) is 0 Å². The van der Waals surface area contributed by atoms with Gasteiger partial charge in [-0.3, -0.25) is 0 Å². The Balaban J connectivity index is 1.52. The Morgan fingerprint density at radius 1 is 1.35 bits per heavy atom. The van der Waals surface area contributed by atoms with Crippen molar-refractivity contribution in [1.82, 2.24) is 15.5 Å². The van der Waals surface area contributed by atoms with Crippen LogP contribution in [0.2, 0.25) is 0 Å². The molecule has 0 bridgehead atoms. The lowest BCUT2D eigenvalue weighted by Crippen LogP contribution is -2.09. The summed E-state index contributed by atoms with van der Waals surface area (Å²) in [5.74, 6) is 2.28. The van der Waals surface area contributed by atoms with Gasteiger partial charge in [-0.15, -0.1) is 0 Å². The molecule has 3 rings (SSSR count). The number of hydrogen-bond acceptors (Lipinski definition) is 5. The van der Waals surface area contributed by atoms with Gasteiger partial charge in [0.25, 0.3) is 0 Å². The van der Waals surface area contributed by atoms with Crippen LogP contribution in [0.25, 0.3) is 0 Å². The molecule has 0 radical (unpaired) electrons. The Morgan fingerprint density at radius 2 is 2.35 bits per heavy atom. The zero-order valence-electron chi connectivity index (χ0n) is 10.0. The summed E-state index contributed by atoms with van der Waals surface area (Å²) in [6.07, 6.45) is 5.49. The van der Waals surface area contributed by atoms with Crippen LogP contribution in [0.4, 0.5) is 0 Å². The van der Waals surface area contributed by atoms with Crippen molar-refractivity contribution in [3.8, 4) is 0 Å². The maximum absolute atomic E-state index is 5.54. The highest BCUT2D eigenvalue weighted by atomic mass is 16.5. The molecule has 2 atom stereocenters. The third kappa shape index (κ3) is 2.66. The third-order valence-corrected chi connectivity index (χ3v) is 3.63. The predicted octanol–water partition coefficient (Wildman–Crippen LogP) is 1.46. The summed E-state index contributed by atoms with van der Waals surface area (Å²) in [6, 6.07) is 0. The van der Waals surface area contributed by atoms with Crippen molar-refractivity contribution in [1.29, 1.82) is 0 Å². The second-order valence-corrected chi connectivity index (χ2v) is 4.95. The number of nitrogens with zero attached hydrogens (tertiary/aromatic N) is 2. The van der Waals surface area contributed by atoms with Gasteiger partial charge < -0.3 is 14.6 Å². The number of nitrogens with one attached hydrogen (secondary N) is 1. The Kier molecular flexibility index (Phi) is 3.38. The minimum Gasteiger partial charge on any atom is -0.370 e. The molecule has 1 aromatic rings. The minimum absolute atomic E-state index is 0.0700. The Labute approximate surface area is 101 Å². The van der Waals surface area contributed by atoms with Crippen LogP contribution in [0.1, 0.15) is 43.5 Å². The van der Waals surface area contributed by atoms with Crippen molar-refractivity contribution in [2.75, 3.05) is 19.7 Å². The van der Waals surface area contributed by atoms with E-state index in [-0.39, 0.29) is 6.10 Å². The van der Waals surface area contributed by atoms with Crippen molar-refractivity contribution in [3.05, 3.63) is 11.7 Å². The van der Waals surface area contributed by atoms with Gasteiger partial charge in [0.2, 0.25) is 11.7 Å². The number of ether oxygens (including phenoxy) is 1. The van der Waals surface area contributed by atoms with Gasteiger partial charge in [0.1, 0.15) is 6.10 Å². The Bertz CT molecular complexity index is 354. The van der Waals surface area contributed by atoms with E-state index < -0.39 is 0 Å². The quantitative estimate of drug-likeness (QED) is 0.859. The molecule has 2 unspecified atom stereocenters. The summed E-state index contributed by atoms with van der Waals surface area (Å²) in [4.78, 5) is 4.43. The lowest BCUT2D eigenvalue weighted by atomic mass is 10.0. The first-order valence-electron chi connectivity index (χ1n) is 6.56. The normalized spacial score (nSPS) is 28.9. The second-order valence-electron chi connectivity index (χ2n) is 4.95. The highest BCUT2D eigenvalue weighted by Gasteiger charge is 2.23. The van der Waals surface area contributed by atoms with Gasteiger partial charge in [-0.05, 0) is 44.7 Å². The topological polar surface area (TPSA) is 60.2 Å². The van der Waals surface area contributed by atoms with Crippen LogP contribution >= 0.6 is 0 Å². The molecule has 5 heteroatoms. The molecule has 0 amide bonds. The van der Waals surface area contributed by atoms with Crippen molar-refractivity contribution >= 4 is 0 Å². The van der Waals surface area contributed by atoms with Crippen LogP contribution in [0, 0.1) is 5.92 Å². The van der Waals surface area contributed by atoms with Gasteiger partial charge in [0, 0.05) is 13.0 Å². The first-order chi connectivity index (χ1) is 8.42. The lowest BCUT2D eigenvalue weighted by Gasteiger charge is -2.04. The zero-order valence-corrected chi connectivity index (χ0v) is 10.0. The van der Waals surface area contributed by atoms with Crippen molar-refractivity contribution in [2.45, 2.75) is 38.2 Å². The van der Waals surface area contributed by atoms with Crippen LogP contribution < -0.4 is 5.32 Å². The van der Waals surface area contributed by atoms with E-state index in [4.69, 9.17) is 9.26 Å². The molecule has 0 saturated carbocycles. The van der Waals surface area contributed by atoms with E-state index in [2.05, 4.69) is 15.5 Å². The summed E-state index contributed by atoms with van der Waals surface area (Å²) in [7, 11) is 0. The first kappa shape index (κ1) is 11.2. The van der Waals surface area contributed by atoms with Gasteiger partial charge >= 0.3 is 0 Å². The number of aryl methyl sites for hydroxylation is 1. The summed E-state index contributed by atoms with van der Waals surface area (Å²) < 4.78 is 10.8. The summed E-state index contributed by atoms with van der Waals surface area (Å²) in [5.41, 5.74) is 0. The molecule has 1 aromatic heterocycles. The molecule has 5 nitrogen and oxygen atoms in total. The predicted molar refractivity (Wildman–Crippen MR) is 61.5 cm³/mol. The lowest BCUT2D eigenvalue weighted by molar-refractivity contribution is 0.103. The molecule has 2 aliphatic rings. The maximum atomic E-state index is 5.54. The molecule has 3 heterocycles. The first-order valence-corrected chi connectivity index (χ1v) is 6.56. The van der Waals surface area contributed by atoms with Gasteiger partial charge in [-0.2, -0.15) is 4.98 Å². The highest BCUT2D eigenvalue weighted by Crippen LogP contribution is 2.26. The minimum atomic E-state index is 0.0700. The Hall–Kier alpha value is -0.940. The largest absolute Gasteiger partial charge is 0.370 e. The molecule has 2 fully saturated rings. The monoisotopic (exact) mass is 237 g/mol. The molecule has 1 N–H and O–H groups in total. The van der Waals surface area contributed by atoms with Crippen LogP contribution in [0.15, 0.2) is 4.52 Å². The van der Waals surface area contributed by atoms with E-state index in [1.165, 1.54) is 6.42 Å². The SMILES string of the molecule is C1COC(c2noc(CCC3CCNC3)n2)C1. The average molecular weight is 237 g/mol. The fraction of sp³-hybridized carbons (Fsp3) is 0.833. The van der Waals surface area contributed by atoms with Crippen molar-refractivity contribution in [3.63, 3.8) is 0 Å². The summed E-state index contributed by atoms with van der Waals surface area (Å²) >= 11 is 0. The highest BCUT2D eigenvalue weighted by molar-refractivity contribution is 4.93. The van der Waals surface area contributed by atoms with Gasteiger partial charge in [-0.1, -0.05) is 5.16 Å². The van der Waals surface area contributed by atoms with Crippen molar-refractivity contribution in [2.24, 2.45) is 5.92 Å². The molecule has 0 aliphatic carbocycles.